The van der Waals surface area contributed by atoms with Crippen molar-refractivity contribution in [1.29, 1.82) is 5.26 Å². The first kappa shape index (κ1) is 23.8. The second-order valence-electron chi connectivity index (χ2n) is 9.84. The Kier molecular flexibility index (Phi) is 6.32. The lowest BCUT2D eigenvalue weighted by Gasteiger charge is -2.28. The second kappa shape index (κ2) is 10.1. The summed E-state index contributed by atoms with van der Waals surface area (Å²) in [5.74, 6) is 1.84. The van der Waals surface area contributed by atoms with Crippen molar-refractivity contribution in [2.45, 2.75) is 19.4 Å². The van der Waals surface area contributed by atoms with Crippen LogP contribution in [0.3, 0.4) is 0 Å². The van der Waals surface area contributed by atoms with Crippen LogP contribution >= 0.6 is 0 Å². The maximum Gasteiger partial charge on any atom is 0.252 e. The average molecular weight is 506 g/mol. The third-order valence-electron chi connectivity index (χ3n) is 7.15. The fourth-order valence-corrected chi connectivity index (χ4v) is 4.94. The minimum atomic E-state index is -0.144. The van der Waals surface area contributed by atoms with Crippen LogP contribution in [0.1, 0.15) is 24.0 Å². The minimum absolute atomic E-state index is 0.144. The molecule has 0 unspecified atom stereocenters. The highest BCUT2D eigenvalue weighted by molar-refractivity contribution is 5.77. The highest BCUT2D eigenvalue weighted by Crippen LogP contribution is 2.22. The van der Waals surface area contributed by atoms with Gasteiger partial charge in [0.15, 0.2) is 17.2 Å². The Balaban J connectivity index is 1.22. The first-order valence-corrected chi connectivity index (χ1v) is 12.7. The van der Waals surface area contributed by atoms with Crippen LogP contribution < -0.4 is 10.3 Å². The van der Waals surface area contributed by atoms with Crippen molar-refractivity contribution < 1.29 is 4.74 Å². The Hall–Kier alpha value is -4.55. The molecular formula is C29H27N7O2. The highest BCUT2D eigenvalue weighted by Gasteiger charge is 2.17. The van der Waals surface area contributed by atoms with E-state index in [1.54, 1.807) is 41.4 Å². The van der Waals surface area contributed by atoms with E-state index in [-0.39, 0.29) is 5.56 Å². The van der Waals surface area contributed by atoms with E-state index in [0.717, 1.165) is 42.6 Å². The van der Waals surface area contributed by atoms with E-state index in [1.165, 1.54) is 6.07 Å². The standard InChI is InChI=1S/C29H27N7O2/c1-34-11-9-20(10-12-34)19-38-24-15-31-28(32-16-24)23-4-2-3-21(13-23)17-36-27(37)8-6-25-29(36)33-26-7-5-22(14-30)18-35(25)26/h2-8,13,15-16,18,20H,9-12,17,19H2,1H3. The molecule has 1 fully saturated rings. The van der Waals surface area contributed by atoms with Gasteiger partial charge in [-0.3, -0.25) is 13.8 Å². The molecule has 1 aliphatic rings. The largest absolute Gasteiger partial charge is 0.490 e. The maximum atomic E-state index is 12.8. The van der Waals surface area contributed by atoms with Crippen LogP contribution in [0.4, 0.5) is 0 Å². The quantitative estimate of drug-likeness (QED) is 0.346. The summed E-state index contributed by atoms with van der Waals surface area (Å²) in [6.07, 6.45) is 7.48. The van der Waals surface area contributed by atoms with Crippen molar-refractivity contribution in [3.05, 3.63) is 88.6 Å². The molecule has 4 aromatic heterocycles. The van der Waals surface area contributed by atoms with E-state index >= 15 is 0 Å². The molecule has 1 saturated heterocycles. The smallest absolute Gasteiger partial charge is 0.252 e. The molecule has 1 aliphatic heterocycles. The summed E-state index contributed by atoms with van der Waals surface area (Å²) in [5, 5.41) is 9.27. The van der Waals surface area contributed by atoms with Crippen LogP contribution in [0.25, 0.3) is 28.2 Å². The number of nitriles is 1. The Morgan fingerprint density at radius 3 is 2.68 bits per heavy atom. The first-order chi connectivity index (χ1) is 18.6. The van der Waals surface area contributed by atoms with E-state index in [1.807, 2.05) is 28.7 Å². The van der Waals surface area contributed by atoms with Crippen LogP contribution in [-0.4, -0.2) is 55.6 Å². The van der Waals surface area contributed by atoms with Crippen molar-refractivity contribution in [1.82, 2.24) is 28.8 Å². The number of hydrogen-bond acceptors (Lipinski definition) is 7. The van der Waals surface area contributed by atoms with Gasteiger partial charge in [0, 0.05) is 17.8 Å². The third kappa shape index (κ3) is 4.74. The van der Waals surface area contributed by atoms with E-state index in [9.17, 15) is 10.1 Å². The first-order valence-electron chi connectivity index (χ1n) is 12.7. The Labute approximate surface area is 219 Å². The molecule has 190 valence electrons. The Bertz CT molecular complexity index is 1710. The summed E-state index contributed by atoms with van der Waals surface area (Å²) in [6.45, 7) is 3.25. The number of ether oxygens (including phenoxy) is 1. The molecule has 0 saturated carbocycles. The van der Waals surface area contributed by atoms with Crippen molar-refractivity contribution >= 4 is 16.8 Å². The van der Waals surface area contributed by atoms with Gasteiger partial charge in [-0.2, -0.15) is 5.26 Å². The predicted molar refractivity (Wildman–Crippen MR) is 144 cm³/mol. The highest BCUT2D eigenvalue weighted by atomic mass is 16.5. The Morgan fingerprint density at radius 2 is 1.89 bits per heavy atom. The summed E-state index contributed by atoms with van der Waals surface area (Å²) in [5.41, 5.74) is 4.19. The second-order valence-corrected chi connectivity index (χ2v) is 9.84. The zero-order valence-electron chi connectivity index (χ0n) is 21.1. The topological polar surface area (TPSA) is 101 Å². The number of fused-ring (bicyclic) bond motifs is 3. The van der Waals surface area contributed by atoms with Gasteiger partial charge < -0.3 is 9.64 Å². The maximum absolute atomic E-state index is 12.8. The lowest BCUT2D eigenvalue weighted by atomic mass is 9.98. The number of imidazole rings is 1. The molecule has 5 heterocycles. The van der Waals surface area contributed by atoms with E-state index in [0.29, 0.717) is 47.5 Å². The van der Waals surface area contributed by atoms with Gasteiger partial charge in [0.05, 0.1) is 36.6 Å². The van der Waals surface area contributed by atoms with Crippen molar-refractivity contribution in [3.8, 4) is 23.2 Å². The van der Waals surface area contributed by atoms with Gasteiger partial charge in [-0.25, -0.2) is 15.0 Å². The molecule has 0 bridgehead atoms. The summed E-state index contributed by atoms with van der Waals surface area (Å²) >= 11 is 0. The molecule has 0 N–H and O–H groups in total. The van der Waals surface area contributed by atoms with E-state index in [2.05, 4.69) is 33.0 Å². The van der Waals surface area contributed by atoms with E-state index < -0.39 is 0 Å². The van der Waals surface area contributed by atoms with Crippen LogP contribution in [0, 0.1) is 17.2 Å². The minimum Gasteiger partial charge on any atom is -0.490 e. The van der Waals surface area contributed by atoms with Crippen molar-refractivity contribution in [3.63, 3.8) is 0 Å². The van der Waals surface area contributed by atoms with Gasteiger partial charge >= 0.3 is 0 Å². The third-order valence-corrected chi connectivity index (χ3v) is 7.15. The number of likely N-dealkylation sites (tertiary alicyclic amines) is 1. The zero-order chi connectivity index (χ0) is 26.1. The SMILES string of the molecule is CN1CCC(COc2cnc(-c3cccc(Cn4c(=O)ccc5c4nc4ccc(C#N)cn45)c3)nc2)CC1. The van der Waals surface area contributed by atoms with Crippen molar-refractivity contribution in [2.24, 2.45) is 5.92 Å². The number of hydrogen-bond donors (Lipinski definition) is 0. The molecule has 0 radical (unpaired) electrons. The average Bonchev–Trinajstić information content (AvgIpc) is 3.33. The van der Waals surface area contributed by atoms with Gasteiger partial charge in [-0.15, -0.1) is 0 Å². The van der Waals surface area contributed by atoms with Gasteiger partial charge in [-0.1, -0.05) is 18.2 Å². The van der Waals surface area contributed by atoms with Crippen LogP contribution in [-0.2, 0) is 6.54 Å². The molecule has 0 amide bonds. The molecule has 0 spiro atoms. The number of nitrogens with zero attached hydrogens (tertiary/aromatic N) is 7. The molecule has 9 nitrogen and oxygen atoms in total. The number of piperidine rings is 1. The van der Waals surface area contributed by atoms with Crippen LogP contribution in [0.2, 0.25) is 0 Å². The number of aromatic nitrogens is 5. The molecule has 0 atom stereocenters. The fourth-order valence-electron chi connectivity index (χ4n) is 4.94. The Morgan fingerprint density at radius 1 is 1.08 bits per heavy atom. The molecule has 9 heteroatoms. The van der Waals surface area contributed by atoms with Gasteiger partial charge in [0.2, 0.25) is 0 Å². The zero-order valence-corrected chi connectivity index (χ0v) is 21.1. The molecule has 38 heavy (non-hydrogen) atoms. The van der Waals surface area contributed by atoms with Gasteiger partial charge in [0.25, 0.3) is 5.56 Å². The fraction of sp³-hybridized carbons (Fsp3) is 0.276. The summed E-state index contributed by atoms with van der Waals surface area (Å²) in [7, 11) is 2.16. The molecule has 0 aliphatic carbocycles. The number of pyridine rings is 2. The van der Waals surface area contributed by atoms with E-state index in [4.69, 9.17) is 4.74 Å². The summed E-state index contributed by atoms with van der Waals surface area (Å²) < 4.78 is 9.44. The number of benzene rings is 1. The van der Waals surface area contributed by atoms with Crippen LogP contribution in [0.15, 0.2) is 71.9 Å². The number of rotatable bonds is 6. The summed E-state index contributed by atoms with van der Waals surface area (Å²) in [4.78, 5) is 28.9. The normalized spacial score (nSPS) is 14.6. The molecule has 6 rings (SSSR count). The molecule has 5 aromatic rings. The van der Waals surface area contributed by atoms with Crippen molar-refractivity contribution in [2.75, 3.05) is 26.7 Å². The summed E-state index contributed by atoms with van der Waals surface area (Å²) in [6, 6.07) is 16.8. The monoisotopic (exact) mass is 505 g/mol. The van der Waals surface area contributed by atoms with Crippen LogP contribution in [0.5, 0.6) is 5.75 Å². The van der Waals surface area contributed by atoms with Gasteiger partial charge in [-0.05, 0) is 68.7 Å². The lowest BCUT2D eigenvalue weighted by molar-refractivity contribution is 0.159. The lowest BCUT2D eigenvalue weighted by Crippen LogP contribution is -2.32. The molecular weight excluding hydrogens is 478 g/mol. The molecule has 1 aromatic carbocycles. The van der Waals surface area contributed by atoms with Gasteiger partial charge in [0.1, 0.15) is 11.7 Å². The predicted octanol–water partition coefficient (Wildman–Crippen LogP) is 3.75.